The first-order valence-electron chi connectivity index (χ1n) is 7.83. The van der Waals surface area contributed by atoms with Crippen LogP contribution in [-0.4, -0.2) is 48.7 Å². The van der Waals surface area contributed by atoms with Crippen LogP contribution in [0.5, 0.6) is 0 Å². The smallest absolute Gasteiger partial charge is 0.374 e. The molecule has 3 rings (SSSR count). The van der Waals surface area contributed by atoms with Crippen molar-refractivity contribution in [3.05, 3.63) is 46.3 Å². The number of furan rings is 1. The van der Waals surface area contributed by atoms with E-state index < -0.39 is 5.97 Å². The van der Waals surface area contributed by atoms with Crippen molar-refractivity contribution >= 4 is 11.7 Å². The number of hydrogen-bond donors (Lipinski definition) is 0. The number of rotatable bonds is 5. The second kappa shape index (κ2) is 7.31. The Labute approximate surface area is 138 Å². The van der Waals surface area contributed by atoms with Crippen molar-refractivity contribution in [3.63, 3.8) is 0 Å². The van der Waals surface area contributed by atoms with Crippen molar-refractivity contribution in [1.82, 2.24) is 9.78 Å². The largest absolute Gasteiger partial charge is 0.460 e. The van der Waals surface area contributed by atoms with Gasteiger partial charge in [0.2, 0.25) is 5.76 Å². The van der Waals surface area contributed by atoms with Gasteiger partial charge in [0.25, 0.3) is 5.56 Å². The lowest BCUT2D eigenvalue weighted by Gasteiger charge is -2.28. The summed E-state index contributed by atoms with van der Waals surface area (Å²) in [5.41, 5.74) is 0.555. The molecule has 2 aromatic heterocycles. The van der Waals surface area contributed by atoms with Crippen LogP contribution in [0.3, 0.4) is 0 Å². The SMILES string of the molecule is CCOC(=O)c1ccc(Cn2ncc(N3CCOCC3)cc2=O)o1. The molecule has 24 heavy (non-hydrogen) atoms. The number of aromatic nitrogens is 2. The van der Waals surface area contributed by atoms with E-state index in [2.05, 4.69) is 10.00 Å². The Morgan fingerprint density at radius 3 is 2.83 bits per heavy atom. The van der Waals surface area contributed by atoms with Gasteiger partial charge in [0, 0.05) is 19.2 Å². The van der Waals surface area contributed by atoms with Crippen LogP contribution in [0, 0.1) is 0 Å². The number of anilines is 1. The molecule has 0 aliphatic carbocycles. The third kappa shape index (κ3) is 3.65. The monoisotopic (exact) mass is 333 g/mol. The lowest BCUT2D eigenvalue weighted by Crippen LogP contribution is -2.37. The average molecular weight is 333 g/mol. The van der Waals surface area contributed by atoms with Gasteiger partial charge >= 0.3 is 5.97 Å². The maximum atomic E-state index is 12.2. The van der Waals surface area contributed by atoms with Crippen LogP contribution in [0.2, 0.25) is 0 Å². The summed E-state index contributed by atoms with van der Waals surface area (Å²) >= 11 is 0. The number of ether oxygens (including phenoxy) is 2. The zero-order valence-electron chi connectivity index (χ0n) is 13.4. The molecule has 0 bridgehead atoms. The Kier molecular flexibility index (Phi) is 4.95. The lowest BCUT2D eigenvalue weighted by molar-refractivity contribution is 0.0487. The predicted molar refractivity (Wildman–Crippen MR) is 85.3 cm³/mol. The lowest BCUT2D eigenvalue weighted by atomic mass is 10.3. The topological polar surface area (TPSA) is 86.8 Å². The highest BCUT2D eigenvalue weighted by atomic mass is 16.5. The molecule has 0 unspecified atom stereocenters. The van der Waals surface area contributed by atoms with Gasteiger partial charge in [-0.2, -0.15) is 5.10 Å². The molecule has 0 spiro atoms. The predicted octanol–water partition coefficient (Wildman–Crippen LogP) is 0.898. The Morgan fingerprint density at radius 1 is 1.33 bits per heavy atom. The van der Waals surface area contributed by atoms with Gasteiger partial charge in [-0.25, -0.2) is 9.48 Å². The summed E-state index contributed by atoms with van der Waals surface area (Å²) in [4.78, 5) is 25.9. The van der Waals surface area contributed by atoms with Gasteiger partial charge in [-0.1, -0.05) is 0 Å². The fourth-order valence-corrected chi connectivity index (χ4v) is 2.46. The van der Waals surface area contributed by atoms with Crippen molar-refractivity contribution in [2.75, 3.05) is 37.8 Å². The molecule has 1 fully saturated rings. The maximum absolute atomic E-state index is 12.2. The van der Waals surface area contributed by atoms with E-state index in [1.807, 2.05) is 0 Å². The number of carbonyl (C=O) groups is 1. The zero-order chi connectivity index (χ0) is 16.9. The Hall–Kier alpha value is -2.61. The number of hydrogen-bond acceptors (Lipinski definition) is 7. The summed E-state index contributed by atoms with van der Waals surface area (Å²) in [6, 6.07) is 4.71. The summed E-state index contributed by atoms with van der Waals surface area (Å²) in [6.07, 6.45) is 1.65. The van der Waals surface area contributed by atoms with Crippen LogP contribution < -0.4 is 10.5 Å². The molecule has 2 aromatic rings. The fourth-order valence-electron chi connectivity index (χ4n) is 2.46. The van der Waals surface area contributed by atoms with E-state index in [1.165, 1.54) is 10.7 Å². The van der Waals surface area contributed by atoms with E-state index in [-0.39, 0.29) is 24.5 Å². The van der Waals surface area contributed by atoms with Crippen LogP contribution >= 0.6 is 0 Å². The van der Waals surface area contributed by atoms with Gasteiger partial charge in [0.05, 0.1) is 31.7 Å². The molecule has 0 saturated carbocycles. The highest BCUT2D eigenvalue weighted by Gasteiger charge is 2.15. The minimum absolute atomic E-state index is 0.116. The van der Waals surface area contributed by atoms with E-state index in [4.69, 9.17) is 13.9 Å². The molecule has 0 aromatic carbocycles. The van der Waals surface area contributed by atoms with Gasteiger partial charge in [-0.05, 0) is 19.1 Å². The molecule has 128 valence electrons. The molecule has 1 saturated heterocycles. The number of morpholine rings is 1. The molecule has 0 atom stereocenters. The Morgan fingerprint density at radius 2 is 2.12 bits per heavy atom. The second-order valence-electron chi connectivity index (χ2n) is 5.30. The molecule has 0 N–H and O–H groups in total. The molecule has 1 aliphatic heterocycles. The quantitative estimate of drug-likeness (QED) is 0.751. The van der Waals surface area contributed by atoms with E-state index >= 15 is 0 Å². The number of esters is 1. The Bertz CT molecular complexity index is 761. The third-order valence-corrected chi connectivity index (χ3v) is 3.68. The van der Waals surface area contributed by atoms with E-state index in [9.17, 15) is 9.59 Å². The van der Waals surface area contributed by atoms with Crippen molar-refractivity contribution in [2.24, 2.45) is 0 Å². The summed E-state index contributed by atoms with van der Waals surface area (Å²) in [7, 11) is 0. The van der Waals surface area contributed by atoms with Crippen LogP contribution in [-0.2, 0) is 16.0 Å². The maximum Gasteiger partial charge on any atom is 0.374 e. The summed E-state index contributed by atoms with van der Waals surface area (Å²) < 4.78 is 16.9. The third-order valence-electron chi connectivity index (χ3n) is 3.68. The normalized spacial score (nSPS) is 14.6. The molecule has 8 nitrogen and oxygen atoms in total. The molecular formula is C16H19N3O5. The number of nitrogens with zero attached hydrogens (tertiary/aromatic N) is 3. The molecular weight excluding hydrogens is 314 g/mol. The first-order chi connectivity index (χ1) is 11.7. The Balaban J connectivity index is 1.71. The van der Waals surface area contributed by atoms with Crippen molar-refractivity contribution in [3.8, 4) is 0 Å². The van der Waals surface area contributed by atoms with Crippen LogP contribution in [0.4, 0.5) is 5.69 Å². The number of carbonyl (C=O) groups excluding carboxylic acids is 1. The summed E-state index contributed by atoms with van der Waals surface area (Å²) in [5.74, 6) is 0.0586. The van der Waals surface area contributed by atoms with E-state index in [0.717, 1.165) is 18.8 Å². The summed E-state index contributed by atoms with van der Waals surface area (Å²) in [6.45, 7) is 4.93. The van der Waals surface area contributed by atoms with E-state index in [1.54, 1.807) is 25.3 Å². The van der Waals surface area contributed by atoms with Crippen LogP contribution in [0.1, 0.15) is 23.2 Å². The molecule has 0 radical (unpaired) electrons. The first kappa shape index (κ1) is 16.3. The molecule has 0 amide bonds. The van der Waals surface area contributed by atoms with Crippen LogP contribution in [0.25, 0.3) is 0 Å². The van der Waals surface area contributed by atoms with Gasteiger partial charge in [-0.3, -0.25) is 4.79 Å². The van der Waals surface area contributed by atoms with E-state index in [0.29, 0.717) is 19.0 Å². The molecule has 8 heteroatoms. The van der Waals surface area contributed by atoms with Crippen molar-refractivity contribution in [2.45, 2.75) is 13.5 Å². The first-order valence-corrected chi connectivity index (χ1v) is 7.83. The van der Waals surface area contributed by atoms with Crippen LogP contribution in [0.15, 0.2) is 33.6 Å². The second-order valence-corrected chi connectivity index (χ2v) is 5.30. The summed E-state index contributed by atoms with van der Waals surface area (Å²) in [5, 5.41) is 4.18. The highest BCUT2D eigenvalue weighted by molar-refractivity contribution is 5.86. The van der Waals surface area contributed by atoms with Gasteiger partial charge < -0.3 is 18.8 Å². The highest BCUT2D eigenvalue weighted by Crippen LogP contribution is 2.13. The van der Waals surface area contributed by atoms with Gasteiger partial charge in [0.15, 0.2) is 0 Å². The zero-order valence-corrected chi connectivity index (χ0v) is 13.4. The minimum atomic E-state index is -0.522. The van der Waals surface area contributed by atoms with Gasteiger partial charge in [-0.15, -0.1) is 0 Å². The van der Waals surface area contributed by atoms with Crippen molar-refractivity contribution < 1.29 is 18.7 Å². The minimum Gasteiger partial charge on any atom is -0.460 e. The fraction of sp³-hybridized carbons (Fsp3) is 0.438. The van der Waals surface area contributed by atoms with Gasteiger partial charge in [0.1, 0.15) is 12.3 Å². The average Bonchev–Trinajstić information content (AvgIpc) is 3.06. The molecule has 1 aliphatic rings. The molecule has 3 heterocycles. The van der Waals surface area contributed by atoms with Crippen molar-refractivity contribution in [1.29, 1.82) is 0 Å². The standard InChI is InChI=1S/C16H19N3O5/c1-2-23-16(21)14-4-3-13(24-14)11-19-15(20)9-12(10-17-19)18-5-7-22-8-6-18/h3-4,9-10H,2,5-8,11H2,1H3.